The van der Waals surface area contributed by atoms with E-state index in [9.17, 15) is 4.21 Å². The zero-order chi connectivity index (χ0) is 14.8. The van der Waals surface area contributed by atoms with Gasteiger partial charge in [-0.25, -0.2) is 0 Å². The van der Waals surface area contributed by atoms with E-state index in [1.807, 2.05) is 18.2 Å². The summed E-state index contributed by atoms with van der Waals surface area (Å²) >= 11 is 0. The number of benzene rings is 1. The Bertz CT molecular complexity index is 409. The quantitative estimate of drug-likeness (QED) is 0.674. The van der Waals surface area contributed by atoms with Crippen LogP contribution in [0.3, 0.4) is 0 Å². The lowest BCUT2D eigenvalue weighted by Crippen LogP contribution is -2.26. The Hall–Kier alpha value is -0.870. The summed E-state index contributed by atoms with van der Waals surface area (Å²) in [5.74, 6) is 2.33. The van der Waals surface area contributed by atoms with E-state index in [1.165, 1.54) is 6.42 Å². The second-order valence-corrected chi connectivity index (χ2v) is 6.53. The fraction of sp³-hybridized carbons (Fsp3) is 0.625. The molecule has 2 atom stereocenters. The van der Waals surface area contributed by atoms with Crippen molar-refractivity contribution in [1.82, 2.24) is 5.32 Å². The summed E-state index contributed by atoms with van der Waals surface area (Å²) in [7, 11) is 0.905. The summed E-state index contributed by atoms with van der Waals surface area (Å²) in [6, 6.07) is 8.15. The summed E-state index contributed by atoms with van der Waals surface area (Å²) in [5.41, 5.74) is 1.15. The smallest absolute Gasteiger partial charge is 0.119 e. The number of hydrogen-bond acceptors (Lipinski definition) is 3. The molecule has 0 aromatic heterocycles. The first-order valence-electron chi connectivity index (χ1n) is 7.43. The molecule has 1 aromatic carbocycles. The van der Waals surface area contributed by atoms with Gasteiger partial charge in [-0.15, -0.1) is 0 Å². The molecule has 0 amide bonds. The van der Waals surface area contributed by atoms with Crippen LogP contribution in [0.5, 0.6) is 5.75 Å². The number of methoxy groups -OCH3 is 1. The monoisotopic (exact) mass is 297 g/mol. The third-order valence-corrected chi connectivity index (χ3v) is 4.72. The van der Waals surface area contributed by atoms with Gasteiger partial charge in [0.15, 0.2) is 0 Å². The van der Waals surface area contributed by atoms with Crippen LogP contribution >= 0.6 is 0 Å². The van der Waals surface area contributed by atoms with E-state index in [2.05, 4.69) is 25.2 Å². The van der Waals surface area contributed by atoms with Crippen molar-refractivity contribution in [2.24, 2.45) is 0 Å². The predicted molar refractivity (Wildman–Crippen MR) is 86.8 cm³/mol. The fourth-order valence-electron chi connectivity index (χ4n) is 2.16. The van der Waals surface area contributed by atoms with E-state index in [0.29, 0.717) is 5.75 Å². The van der Waals surface area contributed by atoms with Crippen molar-refractivity contribution in [2.75, 3.05) is 25.2 Å². The van der Waals surface area contributed by atoms with Crippen LogP contribution in [0.1, 0.15) is 44.7 Å². The fourth-order valence-corrected chi connectivity index (χ4v) is 3.53. The molecule has 0 aliphatic carbocycles. The SMILES string of the molecule is CCCCCS(=O)CC(NCC)c1cccc(OC)c1. The Morgan fingerprint density at radius 1 is 1.30 bits per heavy atom. The third kappa shape index (κ3) is 6.06. The van der Waals surface area contributed by atoms with Gasteiger partial charge in [0.2, 0.25) is 0 Å². The number of hydrogen-bond donors (Lipinski definition) is 1. The van der Waals surface area contributed by atoms with E-state index >= 15 is 0 Å². The van der Waals surface area contributed by atoms with Crippen LogP contribution < -0.4 is 10.1 Å². The summed E-state index contributed by atoms with van der Waals surface area (Å²) in [6.45, 7) is 5.11. The molecular weight excluding hydrogens is 270 g/mol. The van der Waals surface area contributed by atoms with E-state index in [1.54, 1.807) is 7.11 Å². The molecule has 1 aromatic rings. The van der Waals surface area contributed by atoms with E-state index in [0.717, 1.165) is 36.5 Å². The maximum atomic E-state index is 12.2. The van der Waals surface area contributed by atoms with E-state index in [-0.39, 0.29) is 6.04 Å². The highest BCUT2D eigenvalue weighted by Gasteiger charge is 2.14. The molecule has 0 aliphatic rings. The Morgan fingerprint density at radius 3 is 2.75 bits per heavy atom. The van der Waals surface area contributed by atoms with Crippen molar-refractivity contribution >= 4 is 10.8 Å². The Labute approximate surface area is 125 Å². The molecule has 0 saturated heterocycles. The van der Waals surface area contributed by atoms with Crippen molar-refractivity contribution in [3.63, 3.8) is 0 Å². The minimum atomic E-state index is -0.765. The van der Waals surface area contributed by atoms with Crippen LogP contribution in [0.4, 0.5) is 0 Å². The molecule has 0 radical (unpaired) electrons. The zero-order valence-electron chi connectivity index (χ0n) is 12.9. The average Bonchev–Trinajstić information content (AvgIpc) is 2.47. The van der Waals surface area contributed by atoms with Gasteiger partial charge in [0.25, 0.3) is 0 Å². The highest BCUT2D eigenvalue weighted by atomic mass is 32.2. The molecule has 20 heavy (non-hydrogen) atoms. The maximum Gasteiger partial charge on any atom is 0.119 e. The largest absolute Gasteiger partial charge is 0.497 e. The average molecular weight is 297 g/mol. The molecule has 0 spiro atoms. The van der Waals surface area contributed by atoms with E-state index < -0.39 is 10.8 Å². The summed E-state index contributed by atoms with van der Waals surface area (Å²) in [5, 5.41) is 3.42. The molecule has 0 aliphatic heterocycles. The minimum absolute atomic E-state index is 0.137. The van der Waals surface area contributed by atoms with Crippen LogP contribution in [0.25, 0.3) is 0 Å². The maximum absolute atomic E-state index is 12.2. The predicted octanol–water partition coefficient (Wildman–Crippen LogP) is 3.28. The van der Waals surface area contributed by atoms with Crippen molar-refractivity contribution in [2.45, 2.75) is 39.2 Å². The lowest BCUT2D eigenvalue weighted by atomic mass is 10.1. The molecule has 1 rings (SSSR count). The molecule has 0 fully saturated rings. The number of ether oxygens (including phenoxy) is 1. The van der Waals surface area contributed by atoms with Crippen molar-refractivity contribution < 1.29 is 8.95 Å². The van der Waals surface area contributed by atoms with Crippen molar-refractivity contribution in [1.29, 1.82) is 0 Å². The van der Waals surface area contributed by atoms with Crippen LogP contribution in [0, 0.1) is 0 Å². The molecular formula is C16H27NO2S. The molecule has 0 saturated carbocycles. The second kappa shape index (κ2) is 9.94. The molecule has 114 valence electrons. The first-order valence-corrected chi connectivity index (χ1v) is 8.92. The van der Waals surface area contributed by atoms with Gasteiger partial charge in [0, 0.05) is 28.3 Å². The molecule has 2 unspecified atom stereocenters. The second-order valence-electron chi connectivity index (χ2n) is 4.90. The first-order chi connectivity index (χ1) is 9.71. The molecule has 3 nitrogen and oxygen atoms in total. The first kappa shape index (κ1) is 17.2. The van der Waals surface area contributed by atoms with Gasteiger partial charge in [0.1, 0.15) is 5.75 Å². The number of rotatable bonds is 10. The van der Waals surface area contributed by atoms with Gasteiger partial charge in [-0.05, 0) is 30.7 Å². The highest BCUT2D eigenvalue weighted by molar-refractivity contribution is 7.85. The topological polar surface area (TPSA) is 38.3 Å². The minimum Gasteiger partial charge on any atom is -0.497 e. The normalized spacial score (nSPS) is 13.9. The van der Waals surface area contributed by atoms with Crippen LogP contribution in [0.15, 0.2) is 24.3 Å². The zero-order valence-corrected chi connectivity index (χ0v) is 13.7. The van der Waals surface area contributed by atoms with Gasteiger partial charge in [-0.3, -0.25) is 4.21 Å². The van der Waals surface area contributed by atoms with Crippen LogP contribution in [-0.4, -0.2) is 29.4 Å². The van der Waals surface area contributed by atoms with Crippen LogP contribution in [-0.2, 0) is 10.8 Å². The molecule has 4 heteroatoms. The van der Waals surface area contributed by atoms with Gasteiger partial charge >= 0.3 is 0 Å². The van der Waals surface area contributed by atoms with E-state index in [4.69, 9.17) is 4.74 Å². The van der Waals surface area contributed by atoms with Crippen molar-refractivity contribution in [3.05, 3.63) is 29.8 Å². The molecule has 0 heterocycles. The van der Waals surface area contributed by atoms with Crippen molar-refractivity contribution in [3.8, 4) is 5.75 Å². The Morgan fingerprint density at radius 2 is 2.10 bits per heavy atom. The van der Waals surface area contributed by atoms with Gasteiger partial charge in [-0.1, -0.05) is 38.8 Å². The van der Waals surface area contributed by atoms with Gasteiger partial charge in [-0.2, -0.15) is 0 Å². The van der Waals surface area contributed by atoms with Gasteiger partial charge < -0.3 is 10.1 Å². The molecule has 0 bridgehead atoms. The number of unbranched alkanes of at least 4 members (excludes halogenated alkanes) is 2. The Balaban J connectivity index is 2.65. The third-order valence-electron chi connectivity index (χ3n) is 3.27. The standard InChI is InChI=1S/C16H27NO2S/c1-4-6-7-11-20(18)13-16(17-5-2)14-9-8-10-15(12-14)19-3/h8-10,12,16-17H,4-7,11,13H2,1-3H3. The summed E-state index contributed by atoms with van der Waals surface area (Å²) < 4.78 is 17.4. The molecule has 1 N–H and O–H groups in total. The summed E-state index contributed by atoms with van der Waals surface area (Å²) in [6.07, 6.45) is 3.39. The van der Waals surface area contributed by atoms with Crippen LogP contribution in [0.2, 0.25) is 0 Å². The lowest BCUT2D eigenvalue weighted by Gasteiger charge is -2.18. The highest BCUT2D eigenvalue weighted by Crippen LogP contribution is 2.20. The lowest BCUT2D eigenvalue weighted by molar-refractivity contribution is 0.413. The number of nitrogens with one attached hydrogen (secondary N) is 1. The summed E-state index contributed by atoms with van der Waals surface area (Å²) in [4.78, 5) is 0. The Kier molecular flexibility index (Phi) is 8.54. The van der Waals surface area contributed by atoms with Gasteiger partial charge in [0.05, 0.1) is 7.11 Å².